The summed E-state index contributed by atoms with van der Waals surface area (Å²) in [6.45, 7) is 0.642. The van der Waals surface area contributed by atoms with Crippen LogP contribution < -0.4 is 0 Å². The third-order valence-corrected chi connectivity index (χ3v) is 4.57. The number of methoxy groups -OCH3 is 1. The Hall–Kier alpha value is -0.910. The van der Waals surface area contributed by atoms with Gasteiger partial charge in [0.05, 0.1) is 28.2 Å². The molecule has 2 aromatic rings. The topological polar surface area (TPSA) is 29.9 Å². The number of fused-ring (bicyclic) bond motifs is 1. The van der Waals surface area contributed by atoms with Crippen molar-refractivity contribution in [1.82, 2.24) is 9.55 Å². The Bertz CT molecular complexity index is 684. The average molecular weight is 301 g/mol. The summed E-state index contributed by atoms with van der Waals surface area (Å²) in [5.41, 5.74) is 1.32. The van der Waals surface area contributed by atoms with Gasteiger partial charge < -0.3 is 14.3 Å². The molecule has 1 saturated carbocycles. The molecule has 19 heavy (non-hydrogen) atoms. The number of ether oxygens (including phenoxy) is 1. The van der Waals surface area contributed by atoms with E-state index in [1.807, 2.05) is 4.57 Å². The Morgan fingerprint density at radius 3 is 2.84 bits per heavy atom. The van der Waals surface area contributed by atoms with Gasteiger partial charge in [0, 0.05) is 13.2 Å². The normalized spacial score (nSPS) is 17.6. The Morgan fingerprint density at radius 2 is 2.26 bits per heavy atom. The zero-order valence-corrected chi connectivity index (χ0v) is 12.1. The van der Waals surface area contributed by atoms with E-state index in [1.165, 1.54) is 6.07 Å². The van der Waals surface area contributed by atoms with Gasteiger partial charge in [0.15, 0.2) is 4.77 Å². The van der Waals surface area contributed by atoms with E-state index in [9.17, 15) is 4.39 Å². The van der Waals surface area contributed by atoms with Crippen molar-refractivity contribution in [3.63, 3.8) is 0 Å². The van der Waals surface area contributed by atoms with Crippen molar-refractivity contribution in [3.05, 3.63) is 27.7 Å². The van der Waals surface area contributed by atoms with Gasteiger partial charge in [-0.15, -0.1) is 0 Å². The minimum atomic E-state index is -0.433. The molecule has 1 aromatic carbocycles. The van der Waals surface area contributed by atoms with E-state index in [1.54, 1.807) is 13.2 Å². The summed E-state index contributed by atoms with van der Waals surface area (Å²) in [7, 11) is 1.72. The first-order chi connectivity index (χ1) is 9.04. The van der Waals surface area contributed by atoms with Crippen LogP contribution in [0.4, 0.5) is 4.39 Å². The number of rotatable bonds is 3. The number of aromatic amines is 1. The maximum Gasteiger partial charge on any atom is 0.178 e. The lowest BCUT2D eigenvalue weighted by molar-refractivity contribution is -0.0830. The van der Waals surface area contributed by atoms with Gasteiger partial charge in [-0.2, -0.15) is 0 Å². The number of hydrogen-bond donors (Lipinski definition) is 1. The molecular formula is C13H14ClFN2OS. The SMILES string of the molecule is COC1(Cn2c(=S)[nH]c3cc(Cl)c(F)cc32)CCC1. The number of nitrogens with one attached hydrogen (secondary N) is 1. The molecule has 0 amide bonds. The maximum atomic E-state index is 13.6. The Balaban J connectivity index is 2.10. The highest BCUT2D eigenvalue weighted by Crippen LogP contribution is 2.37. The van der Waals surface area contributed by atoms with Gasteiger partial charge in [-0.25, -0.2) is 4.39 Å². The summed E-state index contributed by atoms with van der Waals surface area (Å²) in [6, 6.07) is 2.99. The molecule has 0 bridgehead atoms. The van der Waals surface area contributed by atoms with Gasteiger partial charge in [0.2, 0.25) is 0 Å². The largest absolute Gasteiger partial charge is 0.376 e. The zero-order valence-electron chi connectivity index (χ0n) is 10.5. The second-order valence-electron chi connectivity index (χ2n) is 5.04. The van der Waals surface area contributed by atoms with Crippen molar-refractivity contribution >= 4 is 34.9 Å². The lowest BCUT2D eigenvalue weighted by Gasteiger charge is -2.40. The number of aromatic nitrogens is 2. The Kier molecular flexibility index (Phi) is 3.15. The van der Waals surface area contributed by atoms with Crippen molar-refractivity contribution in [2.45, 2.75) is 31.4 Å². The van der Waals surface area contributed by atoms with E-state index < -0.39 is 5.82 Å². The van der Waals surface area contributed by atoms with Crippen LogP contribution in [0.15, 0.2) is 12.1 Å². The molecule has 3 nitrogen and oxygen atoms in total. The van der Waals surface area contributed by atoms with Gasteiger partial charge >= 0.3 is 0 Å². The summed E-state index contributed by atoms with van der Waals surface area (Å²) in [4.78, 5) is 3.06. The molecule has 0 unspecified atom stereocenters. The second-order valence-corrected chi connectivity index (χ2v) is 5.83. The van der Waals surface area contributed by atoms with Crippen molar-refractivity contribution in [1.29, 1.82) is 0 Å². The van der Waals surface area contributed by atoms with Gasteiger partial charge in [0.25, 0.3) is 0 Å². The van der Waals surface area contributed by atoms with Crippen LogP contribution in [-0.4, -0.2) is 22.3 Å². The number of nitrogens with zero attached hydrogens (tertiary/aromatic N) is 1. The van der Waals surface area contributed by atoms with Crippen molar-refractivity contribution in [3.8, 4) is 0 Å². The van der Waals surface area contributed by atoms with Crippen molar-refractivity contribution < 1.29 is 9.13 Å². The first kappa shape index (κ1) is 13.1. The number of hydrogen-bond acceptors (Lipinski definition) is 2. The minimum Gasteiger partial charge on any atom is -0.376 e. The van der Waals surface area contributed by atoms with E-state index in [2.05, 4.69) is 4.98 Å². The molecule has 1 N–H and O–H groups in total. The highest BCUT2D eigenvalue weighted by Gasteiger charge is 2.37. The summed E-state index contributed by atoms with van der Waals surface area (Å²) in [5.74, 6) is -0.433. The number of imidazole rings is 1. The molecule has 0 aliphatic heterocycles. The quantitative estimate of drug-likeness (QED) is 0.866. The third kappa shape index (κ3) is 2.10. The lowest BCUT2D eigenvalue weighted by Crippen LogP contribution is -2.43. The molecule has 1 heterocycles. The van der Waals surface area contributed by atoms with Crippen LogP contribution in [0.1, 0.15) is 19.3 Å². The van der Waals surface area contributed by atoms with Crippen LogP contribution in [0, 0.1) is 10.6 Å². The van der Waals surface area contributed by atoms with Crippen LogP contribution in [0.5, 0.6) is 0 Å². The van der Waals surface area contributed by atoms with Gasteiger partial charge in [-0.3, -0.25) is 0 Å². The summed E-state index contributed by atoms with van der Waals surface area (Å²) >= 11 is 11.1. The third-order valence-electron chi connectivity index (χ3n) is 3.96. The monoisotopic (exact) mass is 300 g/mol. The molecular weight excluding hydrogens is 287 g/mol. The van der Waals surface area contributed by atoms with Crippen molar-refractivity contribution in [2.24, 2.45) is 0 Å². The molecule has 1 aliphatic carbocycles. The number of halogens is 2. The van der Waals surface area contributed by atoms with E-state index in [-0.39, 0.29) is 10.6 Å². The average Bonchev–Trinajstić information content (AvgIpc) is 2.61. The first-order valence-electron chi connectivity index (χ1n) is 6.17. The highest BCUT2D eigenvalue weighted by atomic mass is 35.5. The maximum absolute atomic E-state index is 13.6. The van der Waals surface area contributed by atoms with E-state index in [4.69, 9.17) is 28.6 Å². The summed E-state index contributed by atoms with van der Waals surface area (Å²) < 4.78 is 21.7. The summed E-state index contributed by atoms with van der Waals surface area (Å²) in [6.07, 6.45) is 3.17. The van der Waals surface area contributed by atoms with Gasteiger partial charge in [-0.05, 0) is 37.5 Å². The predicted molar refractivity (Wildman–Crippen MR) is 75.7 cm³/mol. The molecule has 1 fully saturated rings. The number of H-pyrrole nitrogens is 1. The standard InChI is InChI=1S/C13H14ClFN2OS/c1-18-13(3-2-4-13)7-17-11-6-9(15)8(14)5-10(11)16-12(17)19/h5-6H,2-4,7H2,1H3,(H,16,19). The molecule has 0 atom stereocenters. The van der Waals surface area contributed by atoms with E-state index in [0.717, 1.165) is 30.3 Å². The van der Waals surface area contributed by atoms with Crippen LogP contribution >= 0.6 is 23.8 Å². The Labute approximate surface area is 120 Å². The molecule has 0 saturated heterocycles. The molecule has 6 heteroatoms. The minimum absolute atomic E-state index is 0.0981. The van der Waals surface area contributed by atoms with Crippen LogP contribution in [-0.2, 0) is 11.3 Å². The van der Waals surface area contributed by atoms with Crippen LogP contribution in [0.25, 0.3) is 11.0 Å². The predicted octanol–water partition coefficient (Wildman–Crippen LogP) is 4.06. The fourth-order valence-corrected chi connectivity index (χ4v) is 3.03. The van der Waals surface area contributed by atoms with E-state index >= 15 is 0 Å². The zero-order chi connectivity index (χ0) is 13.6. The first-order valence-corrected chi connectivity index (χ1v) is 6.96. The van der Waals surface area contributed by atoms with Crippen LogP contribution in [0.2, 0.25) is 5.02 Å². The molecule has 3 rings (SSSR count). The van der Waals surface area contributed by atoms with Crippen LogP contribution in [0.3, 0.4) is 0 Å². The molecule has 1 aliphatic rings. The van der Waals surface area contributed by atoms with E-state index in [0.29, 0.717) is 11.3 Å². The molecule has 0 spiro atoms. The Morgan fingerprint density at radius 1 is 1.53 bits per heavy atom. The summed E-state index contributed by atoms with van der Waals surface area (Å²) in [5, 5.41) is 0.0981. The molecule has 0 radical (unpaired) electrons. The smallest absolute Gasteiger partial charge is 0.178 e. The molecule has 102 valence electrons. The van der Waals surface area contributed by atoms with Gasteiger partial charge in [0.1, 0.15) is 5.82 Å². The highest BCUT2D eigenvalue weighted by molar-refractivity contribution is 7.71. The van der Waals surface area contributed by atoms with Crippen molar-refractivity contribution in [2.75, 3.05) is 7.11 Å². The fourth-order valence-electron chi connectivity index (χ4n) is 2.59. The number of benzene rings is 1. The lowest BCUT2D eigenvalue weighted by atomic mass is 9.80. The van der Waals surface area contributed by atoms with Gasteiger partial charge in [-0.1, -0.05) is 11.6 Å². The second kappa shape index (κ2) is 4.58. The molecule has 1 aromatic heterocycles. The fraction of sp³-hybridized carbons (Fsp3) is 0.462.